The second-order valence-electron chi connectivity index (χ2n) is 8.82. The van der Waals surface area contributed by atoms with Crippen molar-refractivity contribution in [2.24, 2.45) is 0 Å². The summed E-state index contributed by atoms with van der Waals surface area (Å²) in [6, 6.07) is 0. The molecule has 3 aliphatic heterocycles. The Labute approximate surface area is 192 Å². The Kier molecular flexibility index (Phi) is 8.23. The van der Waals surface area contributed by atoms with Gasteiger partial charge in [0.1, 0.15) is 66.6 Å². The van der Waals surface area contributed by atoms with Crippen molar-refractivity contribution in [3.63, 3.8) is 0 Å². The molecule has 16 heteroatoms. The van der Waals surface area contributed by atoms with Crippen LogP contribution in [0.25, 0.3) is 0 Å². The monoisotopic (exact) mass is 504 g/mol. The number of rotatable bonds is 5. The molecule has 34 heavy (non-hydrogen) atoms. The predicted octanol–water partition coefficient (Wildman–Crippen LogP) is -7.84. The normalized spacial score (nSPS) is 56.9. The van der Waals surface area contributed by atoms with E-state index in [4.69, 9.17) is 18.9 Å². The standard InChI is InChI=1S/C18H32O16/c1-17(12(26)8(23)9(24)14(28)34-17)18(30)13(27)11(5(3-20)32-16(18)29)33-15-10(25)7(22)6(21)4(2-19)31-15/h4-16,19-30H,2-3H2,1H3/t4-,5-,6+,7+,8+,9+,10-,11-,12+,13+,14?,15+,16?,17+,18?/m1/s1. The lowest BCUT2D eigenvalue weighted by atomic mass is 9.69. The molecule has 3 fully saturated rings. The maximum absolute atomic E-state index is 11.3. The lowest BCUT2D eigenvalue weighted by Gasteiger charge is -2.59. The smallest absolute Gasteiger partial charge is 0.190 e. The van der Waals surface area contributed by atoms with E-state index in [0.29, 0.717) is 0 Å². The van der Waals surface area contributed by atoms with Crippen molar-refractivity contribution >= 4 is 0 Å². The summed E-state index contributed by atoms with van der Waals surface area (Å²) >= 11 is 0. The Bertz CT molecular complexity index is 697. The molecule has 0 aromatic rings. The lowest BCUT2D eigenvalue weighted by molar-refractivity contribution is -0.431. The molecule has 0 radical (unpaired) electrons. The van der Waals surface area contributed by atoms with E-state index in [9.17, 15) is 61.3 Å². The van der Waals surface area contributed by atoms with Crippen LogP contribution in [0.4, 0.5) is 0 Å². The average Bonchev–Trinajstić information content (AvgIpc) is 2.81. The minimum absolute atomic E-state index is 0.809. The van der Waals surface area contributed by atoms with E-state index < -0.39 is 104 Å². The van der Waals surface area contributed by atoms with Crippen LogP contribution in [0.5, 0.6) is 0 Å². The lowest BCUT2D eigenvalue weighted by Crippen LogP contribution is -2.82. The van der Waals surface area contributed by atoms with Crippen LogP contribution >= 0.6 is 0 Å². The van der Waals surface area contributed by atoms with Gasteiger partial charge in [-0.15, -0.1) is 0 Å². The number of hydrogen-bond acceptors (Lipinski definition) is 16. The molecule has 0 bridgehead atoms. The summed E-state index contributed by atoms with van der Waals surface area (Å²) in [4.78, 5) is 0. The van der Waals surface area contributed by atoms with Gasteiger partial charge in [0.2, 0.25) is 0 Å². The van der Waals surface area contributed by atoms with Crippen LogP contribution in [0, 0.1) is 0 Å². The molecule has 3 heterocycles. The third-order valence-corrected chi connectivity index (χ3v) is 6.82. The first-order chi connectivity index (χ1) is 15.8. The van der Waals surface area contributed by atoms with Crippen LogP contribution < -0.4 is 0 Å². The van der Waals surface area contributed by atoms with Crippen LogP contribution in [0.1, 0.15) is 6.92 Å². The van der Waals surface area contributed by atoms with Crippen molar-refractivity contribution in [3.8, 4) is 0 Å². The molecule has 0 aromatic heterocycles. The van der Waals surface area contributed by atoms with Gasteiger partial charge in [-0.25, -0.2) is 0 Å². The number of hydrogen-bond donors (Lipinski definition) is 12. The zero-order valence-corrected chi connectivity index (χ0v) is 17.9. The van der Waals surface area contributed by atoms with Gasteiger partial charge in [-0.3, -0.25) is 0 Å². The fourth-order valence-corrected chi connectivity index (χ4v) is 4.53. The van der Waals surface area contributed by atoms with E-state index in [1.807, 2.05) is 0 Å². The molecule has 3 rings (SSSR count). The largest absolute Gasteiger partial charge is 0.394 e. The van der Waals surface area contributed by atoms with E-state index in [0.717, 1.165) is 6.92 Å². The van der Waals surface area contributed by atoms with Crippen molar-refractivity contribution in [3.05, 3.63) is 0 Å². The van der Waals surface area contributed by atoms with E-state index in [1.54, 1.807) is 0 Å². The van der Waals surface area contributed by atoms with Crippen LogP contribution in [-0.2, 0) is 18.9 Å². The van der Waals surface area contributed by atoms with Crippen molar-refractivity contribution in [2.75, 3.05) is 13.2 Å². The highest BCUT2D eigenvalue weighted by molar-refractivity contribution is 5.17. The van der Waals surface area contributed by atoms with Crippen LogP contribution in [0.15, 0.2) is 0 Å². The highest BCUT2D eigenvalue weighted by Gasteiger charge is 2.71. The molecule has 15 atom stereocenters. The summed E-state index contributed by atoms with van der Waals surface area (Å²) in [5, 5.41) is 122. The molecule has 3 aliphatic rings. The topological polar surface area (TPSA) is 280 Å². The zero-order chi connectivity index (χ0) is 25.7. The molecule has 0 aromatic carbocycles. The predicted molar refractivity (Wildman–Crippen MR) is 101 cm³/mol. The number of aliphatic hydroxyl groups excluding tert-OH is 11. The fraction of sp³-hybridized carbons (Fsp3) is 1.00. The molecule has 0 spiro atoms. The van der Waals surface area contributed by atoms with E-state index in [-0.39, 0.29) is 0 Å². The average molecular weight is 504 g/mol. The highest BCUT2D eigenvalue weighted by Crippen LogP contribution is 2.46. The van der Waals surface area contributed by atoms with Crippen LogP contribution in [0.3, 0.4) is 0 Å². The van der Waals surface area contributed by atoms with Gasteiger partial charge in [0, 0.05) is 0 Å². The Balaban J connectivity index is 1.95. The summed E-state index contributed by atoms with van der Waals surface area (Å²) in [5.74, 6) is 0. The Morgan fingerprint density at radius 3 is 1.85 bits per heavy atom. The molecule has 0 saturated carbocycles. The Hall–Kier alpha value is -0.640. The van der Waals surface area contributed by atoms with Crippen LogP contribution in [-0.4, -0.2) is 166 Å². The van der Waals surface area contributed by atoms with Gasteiger partial charge >= 0.3 is 0 Å². The Morgan fingerprint density at radius 1 is 0.706 bits per heavy atom. The quantitative estimate of drug-likeness (QED) is 0.165. The summed E-state index contributed by atoms with van der Waals surface area (Å²) in [5.41, 5.74) is -5.74. The third-order valence-electron chi connectivity index (χ3n) is 6.82. The molecular weight excluding hydrogens is 472 g/mol. The molecular formula is C18H32O16. The van der Waals surface area contributed by atoms with E-state index >= 15 is 0 Å². The van der Waals surface area contributed by atoms with Crippen molar-refractivity contribution in [2.45, 2.75) is 98.0 Å². The summed E-state index contributed by atoms with van der Waals surface area (Å²) in [6.07, 6.45) is -25.7. The zero-order valence-electron chi connectivity index (χ0n) is 17.9. The molecule has 0 aliphatic carbocycles. The first-order valence-corrected chi connectivity index (χ1v) is 10.5. The van der Waals surface area contributed by atoms with E-state index in [2.05, 4.69) is 0 Å². The minimum Gasteiger partial charge on any atom is -0.394 e. The van der Waals surface area contributed by atoms with Gasteiger partial charge in [0.25, 0.3) is 0 Å². The molecule has 3 unspecified atom stereocenters. The van der Waals surface area contributed by atoms with Gasteiger partial charge in [-0.05, 0) is 6.92 Å². The molecule has 16 nitrogen and oxygen atoms in total. The first kappa shape index (κ1) is 27.9. The third kappa shape index (κ3) is 4.16. The van der Waals surface area contributed by atoms with E-state index in [1.165, 1.54) is 0 Å². The first-order valence-electron chi connectivity index (χ1n) is 10.5. The summed E-state index contributed by atoms with van der Waals surface area (Å²) in [6.45, 7) is -0.858. The maximum atomic E-state index is 11.3. The minimum atomic E-state index is -3.11. The van der Waals surface area contributed by atoms with Gasteiger partial charge in [0.05, 0.1) is 13.2 Å². The summed E-state index contributed by atoms with van der Waals surface area (Å²) in [7, 11) is 0. The number of aliphatic hydroxyl groups is 12. The SMILES string of the molecule is C[C@]1(C2(O)C(O)O[C@H](CO)[C@@H](O[C@@H]3O[C@H](CO)[C@H](O)[C@H](O)[C@H]3O)[C@@H]2O)OC(O)[C@@H](O)[C@H](O)[C@@H]1O. The van der Waals surface area contributed by atoms with Gasteiger partial charge in [-0.2, -0.15) is 0 Å². The van der Waals surface area contributed by atoms with Crippen molar-refractivity contribution < 1.29 is 80.2 Å². The molecule has 200 valence electrons. The second kappa shape index (κ2) is 10.0. The Morgan fingerprint density at radius 2 is 1.29 bits per heavy atom. The van der Waals surface area contributed by atoms with Gasteiger partial charge in [-0.1, -0.05) is 0 Å². The molecule has 12 N–H and O–H groups in total. The van der Waals surface area contributed by atoms with Gasteiger partial charge < -0.3 is 80.2 Å². The maximum Gasteiger partial charge on any atom is 0.190 e. The highest BCUT2D eigenvalue weighted by atomic mass is 16.7. The summed E-state index contributed by atoms with van der Waals surface area (Å²) < 4.78 is 20.8. The fourth-order valence-electron chi connectivity index (χ4n) is 4.53. The van der Waals surface area contributed by atoms with Crippen molar-refractivity contribution in [1.82, 2.24) is 0 Å². The molecule has 3 saturated heterocycles. The van der Waals surface area contributed by atoms with Crippen LogP contribution in [0.2, 0.25) is 0 Å². The number of ether oxygens (including phenoxy) is 4. The van der Waals surface area contributed by atoms with Gasteiger partial charge in [0.15, 0.2) is 24.5 Å². The second-order valence-corrected chi connectivity index (χ2v) is 8.82. The molecule has 0 amide bonds. The van der Waals surface area contributed by atoms with Crippen molar-refractivity contribution in [1.29, 1.82) is 0 Å².